The molecule has 0 atom stereocenters. The van der Waals surface area contributed by atoms with Crippen molar-refractivity contribution in [3.8, 4) is 0 Å². The van der Waals surface area contributed by atoms with Crippen molar-refractivity contribution >= 4 is 11.8 Å². The van der Waals surface area contributed by atoms with Crippen LogP contribution in [-0.2, 0) is 0 Å². The second-order valence-electron chi connectivity index (χ2n) is 3.36. The number of hydrogen-bond donors (Lipinski definition) is 2. The van der Waals surface area contributed by atoms with Gasteiger partial charge in [-0.3, -0.25) is 4.90 Å². The number of anilines is 1. The Labute approximate surface area is 93.5 Å². The molecule has 82 valence electrons. The van der Waals surface area contributed by atoms with Gasteiger partial charge in [0.2, 0.25) is 0 Å². The summed E-state index contributed by atoms with van der Waals surface area (Å²) in [5.74, 6) is 0.571. The van der Waals surface area contributed by atoms with E-state index in [0.717, 1.165) is 5.69 Å². The molecule has 1 aromatic carbocycles. The van der Waals surface area contributed by atoms with Crippen LogP contribution in [0.2, 0.25) is 0 Å². The number of carboxylic acid groups (broad SMARTS) is 1. The molecule has 0 bridgehead atoms. The van der Waals surface area contributed by atoms with Gasteiger partial charge in [-0.15, -0.1) is 0 Å². The van der Waals surface area contributed by atoms with Crippen molar-refractivity contribution in [3.63, 3.8) is 0 Å². The lowest BCUT2D eigenvalue weighted by molar-refractivity contribution is 0.162. The Hall–Kier alpha value is -2.23. The Morgan fingerprint density at radius 3 is 2.75 bits per heavy atom. The van der Waals surface area contributed by atoms with Gasteiger partial charge in [-0.25, -0.2) is 4.79 Å². The number of amides is 1. The first-order chi connectivity index (χ1) is 7.77. The van der Waals surface area contributed by atoms with Gasteiger partial charge in [0.15, 0.2) is 0 Å². The number of allylic oxidation sites excluding steroid dienone is 2. The lowest BCUT2D eigenvalue weighted by Gasteiger charge is -2.24. The molecule has 4 nitrogen and oxygen atoms in total. The maximum atomic E-state index is 11.0. The number of para-hydroxylation sites is 1. The second-order valence-corrected chi connectivity index (χ2v) is 3.36. The second kappa shape index (κ2) is 4.53. The predicted molar refractivity (Wildman–Crippen MR) is 62.0 cm³/mol. The van der Waals surface area contributed by atoms with Gasteiger partial charge in [-0.05, 0) is 18.2 Å². The molecule has 0 spiro atoms. The van der Waals surface area contributed by atoms with E-state index in [1.54, 1.807) is 12.2 Å². The van der Waals surface area contributed by atoms with E-state index in [0.29, 0.717) is 12.4 Å². The molecule has 0 unspecified atom stereocenters. The summed E-state index contributed by atoms with van der Waals surface area (Å²) in [5, 5.41) is 12.1. The zero-order valence-corrected chi connectivity index (χ0v) is 8.63. The van der Waals surface area contributed by atoms with Crippen LogP contribution in [0.1, 0.15) is 0 Å². The molecule has 0 saturated heterocycles. The van der Waals surface area contributed by atoms with E-state index < -0.39 is 6.09 Å². The topological polar surface area (TPSA) is 52.6 Å². The largest absolute Gasteiger partial charge is 0.465 e. The molecule has 0 fully saturated rings. The molecule has 4 heteroatoms. The third-order valence-corrected chi connectivity index (χ3v) is 2.25. The maximum absolute atomic E-state index is 11.0. The van der Waals surface area contributed by atoms with Gasteiger partial charge < -0.3 is 10.4 Å². The van der Waals surface area contributed by atoms with Crippen molar-refractivity contribution in [2.45, 2.75) is 0 Å². The Balaban J connectivity index is 2.16. The van der Waals surface area contributed by atoms with Crippen LogP contribution >= 0.6 is 0 Å². The molecule has 0 aromatic heterocycles. The summed E-state index contributed by atoms with van der Waals surface area (Å²) in [7, 11) is 0. The number of rotatable bonds is 2. The Bertz CT molecular complexity index is 438. The number of carbonyl (C=O) groups is 1. The van der Waals surface area contributed by atoms with Crippen molar-refractivity contribution in [2.24, 2.45) is 0 Å². The SMILES string of the molecule is O=C(O)N1CC=CC=C1Nc1ccccc1. The number of hydrogen-bond acceptors (Lipinski definition) is 2. The van der Waals surface area contributed by atoms with Crippen molar-refractivity contribution in [2.75, 3.05) is 11.9 Å². The number of nitrogens with one attached hydrogen (secondary N) is 1. The highest BCUT2D eigenvalue weighted by molar-refractivity contribution is 5.70. The van der Waals surface area contributed by atoms with Crippen LogP contribution in [0.25, 0.3) is 0 Å². The Morgan fingerprint density at radius 1 is 1.31 bits per heavy atom. The molecule has 1 aliphatic heterocycles. The van der Waals surface area contributed by atoms with Crippen LogP contribution in [0.3, 0.4) is 0 Å². The van der Waals surface area contributed by atoms with Crippen LogP contribution in [0.4, 0.5) is 10.5 Å². The predicted octanol–water partition coefficient (Wildman–Crippen LogP) is 2.49. The van der Waals surface area contributed by atoms with Gasteiger partial charge >= 0.3 is 6.09 Å². The fourth-order valence-electron chi connectivity index (χ4n) is 1.47. The molecule has 0 saturated carbocycles. The third-order valence-electron chi connectivity index (χ3n) is 2.25. The molecule has 1 amide bonds. The van der Waals surface area contributed by atoms with E-state index in [4.69, 9.17) is 5.11 Å². The first-order valence-corrected chi connectivity index (χ1v) is 4.97. The van der Waals surface area contributed by atoms with Gasteiger partial charge in [0, 0.05) is 12.2 Å². The van der Waals surface area contributed by atoms with Crippen molar-refractivity contribution < 1.29 is 9.90 Å². The number of benzene rings is 1. The van der Waals surface area contributed by atoms with E-state index in [1.165, 1.54) is 4.90 Å². The average molecular weight is 216 g/mol. The molecular formula is C12H12N2O2. The van der Waals surface area contributed by atoms with E-state index in [2.05, 4.69) is 5.32 Å². The van der Waals surface area contributed by atoms with E-state index in [1.807, 2.05) is 36.4 Å². The summed E-state index contributed by atoms with van der Waals surface area (Å²) in [6.07, 6.45) is 4.42. The van der Waals surface area contributed by atoms with E-state index in [9.17, 15) is 4.79 Å². The smallest absolute Gasteiger partial charge is 0.413 e. The zero-order chi connectivity index (χ0) is 11.4. The van der Waals surface area contributed by atoms with Gasteiger partial charge in [0.1, 0.15) is 5.82 Å². The summed E-state index contributed by atoms with van der Waals surface area (Å²) >= 11 is 0. The Kier molecular flexibility index (Phi) is 2.91. The maximum Gasteiger partial charge on any atom is 0.413 e. The summed E-state index contributed by atoms with van der Waals surface area (Å²) < 4.78 is 0. The van der Waals surface area contributed by atoms with Crippen molar-refractivity contribution in [1.82, 2.24) is 4.90 Å². The minimum atomic E-state index is -0.959. The van der Waals surface area contributed by atoms with Crippen molar-refractivity contribution in [3.05, 3.63) is 54.4 Å². The van der Waals surface area contributed by atoms with Gasteiger partial charge in [-0.2, -0.15) is 0 Å². The summed E-state index contributed by atoms with van der Waals surface area (Å²) in [6.45, 7) is 0.376. The van der Waals surface area contributed by atoms with E-state index in [-0.39, 0.29) is 0 Å². The molecule has 16 heavy (non-hydrogen) atoms. The highest BCUT2D eigenvalue weighted by atomic mass is 16.4. The van der Waals surface area contributed by atoms with Gasteiger partial charge in [0.25, 0.3) is 0 Å². The monoisotopic (exact) mass is 216 g/mol. The first kappa shape index (κ1) is 10.3. The van der Waals surface area contributed by atoms with Crippen LogP contribution in [-0.4, -0.2) is 22.6 Å². The molecule has 2 N–H and O–H groups in total. The standard InChI is InChI=1S/C12H12N2O2/c15-12(16)14-9-5-4-8-11(14)13-10-6-2-1-3-7-10/h1-8,13H,9H2,(H,15,16). The zero-order valence-electron chi connectivity index (χ0n) is 8.63. The average Bonchev–Trinajstić information content (AvgIpc) is 2.31. The molecular weight excluding hydrogens is 204 g/mol. The number of nitrogens with zero attached hydrogens (tertiary/aromatic N) is 1. The quantitative estimate of drug-likeness (QED) is 0.798. The molecule has 1 aliphatic rings. The molecule has 2 rings (SSSR count). The fraction of sp³-hybridized carbons (Fsp3) is 0.0833. The van der Waals surface area contributed by atoms with Crippen LogP contribution in [0.15, 0.2) is 54.4 Å². The van der Waals surface area contributed by atoms with Gasteiger partial charge in [0.05, 0.1) is 0 Å². The lowest BCUT2D eigenvalue weighted by atomic mass is 10.3. The third kappa shape index (κ3) is 2.23. The normalized spacial score (nSPS) is 14.5. The highest BCUT2D eigenvalue weighted by Gasteiger charge is 2.17. The molecule has 0 radical (unpaired) electrons. The summed E-state index contributed by atoms with van der Waals surface area (Å²) in [6, 6.07) is 9.48. The fourth-order valence-corrected chi connectivity index (χ4v) is 1.47. The van der Waals surface area contributed by atoms with Crippen molar-refractivity contribution in [1.29, 1.82) is 0 Å². The molecule has 1 aromatic rings. The highest BCUT2D eigenvalue weighted by Crippen LogP contribution is 2.15. The lowest BCUT2D eigenvalue weighted by Crippen LogP contribution is -2.33. The van der Waals surface area contributed by atoms with Crippen LogP contribution in [0.5, 0.6) is 0 Å². The van der Waals surface area contributed by atoms with E-state index >= 15 is 0 Å². The van der Waals surface area contributed by atoms with Gasteiger partial charge in [-0.1, -0.05) is 30.4 Å². The van der Waals surface area contributed by atoms with Crippen LogP contribution in [0, 0.1) is 0 Å². The summed E-state index contributed by atoms with van der Waals surface area (Å²) in [4.78, 5) is 12.2. The Morgan fingerprint density at radius 2 is 2.06 bits per heavy atom. The summed E-state index contributed by atoms with van der Waals surface area (Å²) in [5.41, 5.74) is 0.871. The molecule has 0 aliphatic carbocycles. The minimum absolute atomic E-state index is 0.376. The van der Waals surface area contributed by atoms with Crippen LogP contribution < -0.4 is 5.32 Å². The molecule has 1 heterocycles. The first-order valence-electron chi connectivity index (χ1n) is 4.97. The minimum Gasteiger partial charge on any atom is -0.465 e.